The lowest BCUT2D eigenvalue weighted by Crippen LogP contribution is -2.37. The summed E-state index contributed by atoms with van der Waals surface area (Å²) in [6.45, 7) is 2.92. The van der Waals surface area contributed by atoms with Crippen LogP contribution in [0.4, 0.5) is 0 Å². The molecule has 0 radical (unpaired) electrons. The molecule has 0 aromatic heterocycles. The summed E-state index contributed by atoms with van der Waals surface area (Å²) in [5.74, 6) is 2.33. The second kappa shape index (κ2) is 7.97. The molecule has 1 saturated heterocycles. The highest BCUT2D eigenvalue weighted by Gasteiger charge is 2.20. The maximum absolute atomic E-state index is 9.00. The van der Waals surface area contributed by atoms with Crippen LogP contribution in [0.3, 0.4) is 0 Å². The third-order valence-corrected chi connectivity index (χ3v) is 4.53. The van der Waals surface area contributed by atoms with Crippen molar-refractivity contribution in [3.05, 3.63) is 0 Å². The van der Waals surface area contributed by atoms with Crippen LogP contribution in [0.15, 0.2) is 0 Å². The second-order valence-electron chi connectivity index (χ2n) is 4.86. The fourth-order valence-electron chi connectivity index (χ4n) is 1.91. The Morgan fingerprint density at radius 3 is 2.94 bits per heavy atom. The normalized spacial score (nSPS) is 23.2. The standard InChI is InChI=1S/C13H24N2OS/c1-13(11-14,15-2)7-3-4-9-17-10-12-6-5-8-16-12/h12,15H,3-10H2,1-2H3. The van der Waals surface area contributed by atoms with Crippen LogP contribution < -0.4 is 5.32 Å². The van der Waals surface area contributed by atoms with Gasteiger partial charge in [-0.1, -0.05) is 0 Å². The first-order valence-corrected chi connectivity index (χ1v) is 7.65. The third-order valence-electron chi connectivity index (χ3n) is 3.34. The molecule has 4 heteroatoms. The lowest BCUT2D eigenvalue weighted by atomic mass is 9.97. The zero-order valence-corrected chi connectivity index (χ0v) is 11.8. The first-order chi connectivity index (χ1) is 8.20. The maximum Gasteiger partial charge on any atom is 0.103 e. The van der Waals surface area contributed by atoms with Crippen LogP contribution in [0, 0.1) is 11.3 Å². The number of nitrogens with zero attached hydrogens (tertiary/aromatic N) is 1. The highest BCUT2D eigenvalue weighted by Crippen LogP contribution is 2.19. The second-order valence-corrected chi connectivity index (χ2v) is 6.01. The van der Waals surface area contributed by atoms with Crippen molar-refractivity contribution >= 4 is 11.8 Å². The Balaban J connectivity index is 1.95. The van der Waals surface area contributed by atoms with E-state index in [2.05, 4.69) is 11.4 Å². The Bertz CT molecular complexity index is 248. The van der Waals surface area contributed by atoms with Gasteiger partial charge >= 0.3 is 0 Å². The fraction of sp³-hybridized carbons (Fsp3) is 0.923. The quantitative estimate of drug-likeness (QED) is 0.678. The van der Waals surface area contributed by atoms with Gasteiger partial charge < -0.3 is 10.1 Å². The average molecular weight is 256 g/mol. The minimum Gasteiger partial charge on any atom is -0.377 e. The first kappa shape index (κ1) is 14.8. The Kier molecular flexibility index (Phi) is 6.94. The molecule has 1 heterocycles. The van der Waals surface area contributed by atoms with E-state index in [4.69, 9.17) is 10.00 Å². The molecule has 2 atom stereocenters. The van der Waals surface area contributed by atoms with E-state index >= 15 is 0 Å². The molecule has 0 aliphatic carbocycles. The van der Waals surface area contributed by atoms with Gasteiger partial charge in [0.1, 0.15) is 5.54 Å². The van der Waals surface area contributed by atoms with E-state index < -0.39 is 0 Å². The van der Waals surface area contributed by atoms with Gasteiger partial charge in [0, 0.05) is 12.4 Å². The topological polar surface area (TPSA) is 45.0 Å². The van der Waals surface area contributed by atoms with E-state index in [0.29, 0.717) is 6.10 Å². The van der Waals surface area contributed by atoms with E-state index in [1.165, 1.54) is 25.0 Å². The first-order valence-electron chi connectivity index (χ1n) is 6.50. The molecule has 1 N–H and O–H groups in total. The van der Waals surface area contributed by atoms with Crippen LogP contribution in [0.2, 0.25) is 0 Å². The molecule has 3 nitrogen and oxygen atoms in total. The van der Waals surface area contributed by atoms with Crippen molar-refractivity contribution in [1.82, 2.24) is 5.32 Å². The number of nitrogens with one attached hydrogen (secondary N) is 1. The number of thioether (sulfide) groups is 1. The summed E-state index contributed by atoms with van der Waals surface area (Å²) in [4.78, 5) is 0. The van der Waals surface area contributed by atoms with Crippen molar-refractivity contribution in [2.24, 2.45) is 0 Å². The third kappa shape index (κ3) is 5.76. The van der Waals surface area contributed by atoms with Crippen LogP contribution in [-0.4, -0.2) is 36.8 Å². The summed E-state index contributed by atoms with van der Waals surface area (Å²) < 4.78 is 5.57. The Morgan fingerprint density at radius 2 is 2.35 bits per heavy atom. The SMILES string of the molecule is CNC(C)(C#N)CCCCSCC1CCCO1. The monoisotopic (exact) mass is 256 g/mol. The summed E-state index contributed by atoms with van der Waals surface area (Å²) >= 11 is 1.99. The molecular weight excluding hydrogens is 232 g/mol. The van der Waals surface area contributed by atoms with Gasteiger partial charge in [0.05, 0.1) is 12.2 Å². The van der Waals surface area contributed by atoms with E-state index in [9.17, 15) is 0 Å². The van der Waals surface area contributed by atoms with Crippen LogP contribution in [0.1, 0.15) is 39.0 Å². The predicted octanol–water partition coefficient (Wildman–Crippen LogP) is 2.57. The molecule has 0 amide bonds. The molecule has 1 rings (SSSR count). The van der Waals surface area contributed by atoms with Gasteiger partial charge in [-0.25, -0.2) is 0 Å². The van der Waals surface area contributed by atoms with E-state index in [1.54, 1.807) is 0 Å². The van der Waals surface area contributed by atoms with Gasteiger partial charge in [-0.2, -0.15) is 17.0 Å². The van der Waals surface area contributed by atoms with Gasteiger partial charge in [-0.3, -0.25) is 0 Å². The summed E-state index contributed by atoms with van der Waals surface area (Å²) in [6.07, 6.45) is 6.20. The number of hydrogen-bond donors (Lipinski definition) is 1. The molecule has 0 aromatic rings. The maximum atomic E-state index is 9.00. The predicted molar refractivity (Wildman–Crippen MR) is 73.2 cm³/mol. The van der Waals surface area contributed by atoms with Crippen molar-refractivity contribution in [3.8, 4) is 6.07 Å². The van der Waals surface area contributed by atoms with Gasteiger partial charge in [0.15, 0.2) is 0 Å². The molecular formula is C13H24N2OS. The van der Waals surface area contributed by atoms with Crippen LogP contribution in [0.25, 0.3) is 0 Å². The number of unbranched alkanes of at least 4 members (excludes halogenated alkanes) is 1. The van der Waals surface area contributed by atoms with Gasteiger partial charge in [-0.15, -0.1) is 0 Å². The summed E-state index contributed by atoms with van der Waals surface area (Å²) in [5.41, 5.74) is -0.348. The molecule has 0 saturated carbocycles. The lowest BCUT2D eigenvalue weighted by Gasteiger charge is -2.20. The highest BCUT2D eigenvalue weighted by molar-refractivity contribution is 7.99. The van der Waals surface area contributed by atoms with E-state index in [-0.39, 0.29) is 5.54 Å². The van der Waals surface area contributed by atoms with Crippen LogP contribution >= 0.6 is 11.8 Å². The number of ether oxygens (including phenoxy) is 1. The zero-order valence-electron chi connectivity index (χ0n) is 11.0. The summed E-state index contributed by atoms with van der Waals surface area (Å²) in [6, 6.07) is 2.33. The Morgan fingerprint density at radius 1 is 1.53 bits per heavy atom. The van der Waals surface area contributed by atoms with E-state index in [0.717, 1.165) is 25.2 Å². The van der Waals surface area contributed by atoms with Gasteiger partial charge in [0.2, 0.25) is 0 Å². The summed E-state index contributed by atoms with van der Waals surface area (Å²) in [7, 11) is 1.86. The van der Waals surface area contributed by atoms with Crippen molar-refractivity contribution < 1.29 is 4.74 Å². The smallest absolute Gasteiger partial charge is 0.103 e. The molecule has 1 fully saturated rings. The molecule has 1 aliphatic rings. The van der Waals surface area contributed by atoms with Gasteiger partial charge in [-0.05, 0) is 51.8 Å². The highest BCUT2D eigenvalue weighted by atomic mass is 32.2. The minimum atomic E-state index is -0.348. The van der Waals surface area contributed by atoms with Crippen LogP contribution in [-0.2, 0) is 4.74 Å². The van der Waals surface area contributed by atoms with Crippen molar-refractivity contribution in [2.45, 2.75) is 50.7 Å². The molecule has 98 valence electrons. The van der Waals surface area contributed by atoms with E-state index in [1.807, 2.05) is 25.7 Å². The number of nitriles is 1. The van der Waals surface area contributed by atoms with Crippen molar-refractivity contribution in [3.63, 3.8) is 0 Å². The average Bonchev–Trinajstić information content (AvgIpc) is 2.86. The van der Waals surface area contributed by atoms with Crippen molar-refractivity contribution in [1.29, 1.82) is 5.26 Å². The lowest BCUT2D eigenvalue weighted by molar-refractivity contribution is 0.129. The largest absolute Gasteiger partial charge is 0.377 e. The molecule has 0 bridgehead atoms. The van der Waals surface area contributed by atoms with Crippen molar-refractivity contribution in [2.75, 3.05) is 25.2 Å². The molecule has 0 spiro atoms. The molecule has 17 heavy (non-hydrogen) atoms. The Labute approximate surface area is 109 Å². The summed E-state index contributed by atoms with van der Waals surface area (Å²) in [5, 5.41) is 12.1. The van der Waals surface area contributed by atoms with Gasteiger partial charge in [0.25, 0.3) is 0 Å². The fourth-order valence-corrected chi connectivity index (χ4v) is 3.01. The Hall–Kier alpha value is -0.240. The minimum absolute atomic E-state index is 0.348. The number of hydrogen-bond acceptors (Lipinski definition) is 4. The number of rotatable bonds is 8. The molecule has 1 aliphatic heterocycles. The molecule has 2 unspecified atom stereocenters. The van der Waals surface area contributed by atoms with Crippen LogP contribution in [0.5, 0.6) is 0 Å². The molecule has 0 aromatic carbocycles. The zero-order chi connectivity index (χ0) is 12.6.